The third-order valence-electron chi connectivity index (χ3n) is 4.13. The van der Waals surface area contributed by atoms with E-state index < -0.39 is 11.9 Å². The van der Waals surface area contributed by atoms with Gasteiger partial charge in [0.15, 0.2) is 0 Å². The quantitative estimate of drug-likeness (QED) is 0.180. The second-order valence-electron chi connectivity index (χ2n) is 6.01. The monoisotopic (exact) mass is 362 g/mol. The molecule has 3 aromatic rings. The highest BCUT2D eigenvalue weighted by Gasteiger charge is 2.17. The molecule has 0 aliphatic heterocycles. The van der Waals surface area contributed by atoms with Crippen LogP contribution in [0, 0.1) is 5.41 Å². The Morgan fingerprint density at radius 2 is 1.74 bits per heavy atom. The van der Waals surface area contributed by atoms with Gasteiger partial charge in [-0.1, -0.05) is 30.3 Å². The topological polar surface area (TPSA) is 145 Å². The van der Waals surface area contributed by atoms with Crippen LogP contribution in [0.1, 0.15) is 21.5 Å². The van der Waals surface area contributed by atoms with Crippen molar-refractivity contribution in [3.8, 4) is 5.75 Å². The molecular weight excluding hydrogens is 344 g/mol. The molecule has 7 N–H and O–H groups in total. The van der Waals surface area contributed by atoms with E-state index in [-0.39, 0.29) is 23.6 Å². The second-order valence-corrected chi connectivity index (χ2v) is 6.01. The highest BCUT2D eigenvalue weighted by molar-refractivity contribution is 6.02. The van der Waals surface area contributed by atoms with E-state index in [1.165, 1.54) is 0 Å². The van der Waals surface area contributed by atoms with Gasteiger partial charge in [-0.2, -0.15) is 0 Å². The first-order valence-corrected chi connectivity index (χ1v) is 8.12. The fourth-order valence-electron chi connectivity index (χ4n) is 2.83. The van der Waals surface area contributed by atoms with Gasteiger partial charge in [0, 0.05) is 16.8 Å². The maximum Gasteiger partial charge on any atom is 0.345 e. The van der Waals surface area contributed by atoms with E-state index in [1.807, 2.05) is 0 Å². The molecule has 0 aliphatic carbocycles. The zero-order chi connectivity index (χ0) is 19.6. The van der Waals surface area contributed by atoms with Crippen LogP contribution in [-0.4, -0.2) is 17.7 Å². The SMILES string of the molecule is N=C(N)c1ccc2c(CC(N)=O)c(OC(=O)c3ccccc3N)ccc2c1. The lowest BCUT2D eigenvalue weighted by atomic mass is 9.98. The van der Waals surface area contributed by atoms with Crippen LogP contribution in [0.5, 0.6) is 5.75 Å². The molecule has 3 rings (SSSR count). The van der Waals surface area contributed by atoms with E-state index in [1.54, 1.807) is 54.6 Å². The van der Waals surface area contributed by atoms with Gasteiger partial charge in [0.05, 0.1) is 12.0 Å². The van der Waals surface area contributed by atoms with Crippen LogP contribution in [-0.2, 0) is 11.2 Å². The van der Waals surface area contributed by atoms with Crippen LogP contribution in [0.4, 0.5) is 5.69 Å². The number of hydrogen-bond acceptors (Lipinski definition) is 5. The first-order valence-electron chi connectivity index (χ1n) is 8.12. The van der Waals surface area contributed by atoms with Crippen molar-refractivity contribution in [2.45, 2.75) is 6.42 Å². The van der Waals surface area contributed by atoms with Crippen molar-refractivity contribution in [2.75, 3.05) is 5.73 Å². The minimum Gasteiger partial charge on any atom is -0.423 e. The average molecular weight is 362 g/mol. The highest BCUT2D eigenvalue weighted by atomic mass is 16.5. The molecule has 0 bridgehead atoms. The molecule has 3 aromatic carbocycles. The number of nitrogens with two attached hydrogens (primary N) is 3. The van der Waals surface area contributed by atoms with Crippen molar-refractivity contribution in [1.82, 2.24) is 0 Å². The summed E-state index contributed by atoms with van der Waals surface area (Å²) >= 11 is 0. The van der Waals surface area contributed by atoms with E-state index in [4.69, 9.17) is 27.3 Å². The van der Waals surface area contributed by atoms with Gasteiger partial charge in [-0.25, -0.2) is 4.79 Å². The van der Waals surface area contributed by atoms with E-state index in [0.29, 0.717) is 22.2 Å². The minimum absolute atomic E-state index is 0.0663. The lowest BCUT2D eigenvalue weighted by Crippen LogP contribution is -2.17. The molecule has 136 valence electrons. The number of ether oxygens (including phenoxy) is 1. The van der Waals surface area contributed by atoms with Gasteiger partial charge in [-0.3, -0.25) is 10.2 Å². The molecule has 7 heteroatoms. The smallest absolute Gasteiger partial charge is 0.345 e. The van der Waals surface area contributed by atoms with Crippen LogP contribution < -0.4 is 21.9 Å². The molecule has 1 amide bonds. The normalized spacial score (nSPS) is 10.5. The Balaban J connectivity index is 2.07. The average Bonchev–Trinajstić information content (AvgIpc) is 2.63. The molecule has 0 spiro atoms. The number of nitrogen functional groups attached to an aromatic ring is 2. The van der Waals surface area contributed by atoms with Gasteiger partial charge >= 0.3 is 5.97 Å². The van der Waals surface area contributed by atoms with Crippen LogP contribution in [0.25, 0.3) is 10.8 Å². The summed E-state index contributed by atoms with van der Waals surface area (Å²) in [5.41, 5.74) is 18.3. The third kappa shape index (κ3) is 3.72. The molecule has 0 unspecified atom stereocenters. The Hall–Kier alpha value is -3.87. The Bertz CT molecular complexity index is 1080. The van der Waals surface area contributed by atoms with Gasteiger partial charge in [0.2, 0.25) is 5.91 Å². The number of anilines is 1. The number of carbonyl (C=O) groups is 2. The van der Waals surface area contributed by atoms with Gasteiger partial charge in [0.25, 0.3) is 0 Å². The van der Waals surface area contributed by atoms with E-state index in [0.717, 1.165) is 5.39 Å². The zero-order valence-corrected chi connectivity index (χ0v) is 14.4. The molecule has 0 fully saturated rings. The standard InChI is InChI=1S/C20H18N4O3/c21-16-4-2-1-3-14(16)20(26)27-17-8-6-11-9-12(19(23)24)5-7-13(11)15(17)10-18(22)25/h1-9H,10,21H2,(H2,22,25)(H3,23,24). The van der Waals surface area contributed by atoms with Crippen LogP contribution in [0.2, 0.25) is 0 Å². The van der Waals surface area contributed by atoms with E-state index in [2.05, 4.69) is 0 Å². The zero-order valence-electron chi connectivity index (χ0n) is 14.4. The lowest BCUT2D eigenvalue weighted by molar-refractivity contribution is -0.117. The number of rotatable bonds is 5. The van der Waals surface area contributed by atoms with Crippen LogP contribution in [0.3, 0.4) is 0 Å². The second kappa shape index (κ2) is 7.17. The summed E-state index contributed by atoms with van der Waals surface area (Å²) in [4.78, 5) is 24.0. The van der Waals surface area contributed by atoms with Crippen molar-refractivity contribution in [3.05, 3.63) is 71.3 Å². The van der Waals surface area contributed by atoms with Crippen molar-refractivity contribution in [1.29, 1.82) is 5.41 Å². The Labute approximate surface area is 155 Å². The number of primary amides is 1. The van der Waals surface area contributed by atoms with E-state index in [9.17, 15) is 9.59 Å². The molecule has 0 heterocycles. The van der Waals surface area contributed by atoms with Crippen LogP contribution >= 0.6 is 0 Å². The number of amidine groups is 1. The van der Waals surface area contributed by atoms with Gasteiger partial charge in [0.1, 0.15) is 11.6 Å². The fraction of sp³-hybridized carbons (Fsp3) is 0.0500. The number of para-hydroxylation sites is 1. The maximum absolute atomic E-state index is 12.5. The highest BCUT2D eigenvalue weighted by Crippen LogP contribution is 2.30. The number of hydrogen-bond donors (Lipinski definition) is 4. The van der Waals surface area contributed by atoms with Crippen molar-refractivity contribution < 1.29 is 14.3 Å². The van der Waals surface area contributed by atoms with Gasteiger partial charge in [-0.15, -0.1) is 0 Å². The Kier molecular flexibility index (Phi) is 4.76. The predicted octanol–water partition coefficient (Wildman–Crippen LogP) is 1.95. The largest absolute Gasteiger partial charge is 0.423 e. The first kappa shape index (κ1) is 17.9. The molecule has 0 aliphatic rings. The molecule has 0 saturated carbocycles. The Morgan fingerprint density at radius 3 is 2.41 bits per heavy atom. The summed E-state index contributed by atoms with van der Waals surface area (Å²) in [6, 6.07) is 15.0. The number of nitrogens with one attached hydrogen (secondary N) is 1. The number of amides is 1. The maximum atomic E-state index is 12.5. The summed E-state index contributed by atoms with van der Waals surface area (Å²) in [6.45, 7) is 0. The summed E-state index contributed by atoms with van der Waals surface area (Å²) in [6.07, 6.45) is -0.107. The predicted molar refractivity (Wildman–Crippen MR) is 104 cm³/mol. The van der Waals surface area contributed by atoms with Crippen molar-refractivity contribution in [2.24, 2.45) is 11.5 Å². The van der Waals surface area contributed by atoms with Crippen molar-refractivity contribution in [3.63, 3.8) is 0 Å². The van der Waals surface area contributed by atoms with E-state index >= 15 is 0 Å². The summed E-state index contributed by atoms with van der Waals surface area (Å²) in [5, 5.41) is 8.98. The van der Waals surface area contributed by atoms with Crippen LogP contribution in [0.15, 0.2) is 54.6 Å². The molecular formula is C20H18N4O3. The molecule has 0 aromatic heterocycles. The molecule has 0 radical (unpaired) electrons. The van der Waals surface area contributed by atoms with Gasteiger partial charge in [-0.05, 0) is 35.0 Å². The number of benzene rings is 3. The number of carbonyl (C=O) groups excluding carboxylic acids is 2. The third-order valence-corrected chi connectivity index (χ3v) is 4.13. The summed E-state index contributed by atoms with van der Waals surface area (Å²) < 4.78 is 5.51. The Morgan fingerprint density at radius 1 is 1.00 bits per heavy atom. The number of fused-ring (bicyclic) bond motifs is 1. The van der Waals surface area contributed by atoms with Gasteiger partial charge < -0.3 is 21.9 Å². The number of esters is 1. The summed E-state index contributed by atoms with van der Waals surface area (Å²) in [7, 11) is 0. The molecule has 0 saturated heterocycles. The molecule has 27 heavy (non-hydrogen) atoms. The fourth-order valence-corrected chi connectivity index (χ4v) is 2.83. The summed E-state index contributed by atoms with van der Waals surface area (Å²) in [5.74, 6) is -1.03. The molecule has 0 atom stereocenters. The van der Waals surface area contributed by atoms with Crippen molar-refractivity contribution >= 4 is 34.2 Å². The molecule has 7 nitrogen and oxygen atoms in total. The first-order chi connectivity index (χ1) is 12.9. The lowest BCUT2D eigenvalue weighted by Gasteiger charge is -2.13. The minimum atomic E-state index is -0.626.